The molecule has 0 saturated heterocycles. The largest absolute Gasteiger partial charge is 0.103 e. The maximum absolute atomic E-state index is 2.67. The van der Waals surface area contributed by atoms with Gasteiger partial charge in [0, 0.05) is 0 Å². The smallest absolute Gasteiger partial charge is 0.00888 e. The van der Waals surface area contributed by atoms with Gasteiger partial charge >= 0.3 is 0 Å². The lowest BCUT2D eigenvalue weighted by Crippen LogP contribution is -2.49. The number of benzene rings is 2. The highest BCUT2D eigenvalue weighted by Gasteiger charge is 2.52. The number of hydrogen-bond donors (Lipinski definition) is 0. The first-order valence-electron chi connectivity index (χ1n) is 10.8. The molecule has 0 nitrogen and oxygen atoms in total. The minimum atomic E-state index is -0.209. The van der Waals surface area contributed by atoms with Crippen molar-refractivity contribution in [3.05, 3.63) is 60.7 Å². The molecule has 0 N–H and O–H groups in total. The first kappa shape index (κ1) is 18.3. The highest BCUT2D eigenvalue weighted by atomic mass is 31.1. The molecule has 6 rings (SSSR count). The van der Waals surface area contributed by atoms with Gasteiger partial charge in [-0.2, -0.15) is 0 Å². The summed E-state index contributed by atoms with van der Waals surface area (Å²) in [4.78, 5) is 0. The van der Waals surface area contributed by atoms with E-state index in [4.69, 9.17) is 0 Å². The Balaban J connectivity index is 1.34. The zero-order valence-electron chi connectivity index (χ0n) is 16.6. The summed E-state index contributed by atoms with van der Waals surface area (Å²) in [5.41, 5.74) is 0. The zero-order chi connectivity index (χ0) is 18.3. The Hall–Kier alpha value is -0.700. The van der Waals surface area contributed by atoms with E-state index in [-0.39, 0.29) is 15.8 Å². The van der Waals surface area contributed by atoms with Crippen LogP contribution in [-0.2, 0) is 0 Å². The second kappa shape index (κ2) is 7.61. The van der Waals surface area contributed by atoms with Crippen LogP contribution in [0.15, 0.2) is 60.7 Å². The van der Waals surface area contributed by atoms with E-state index in [0.29, 0.717) is 0 Å². The molecule has 0 aliphatic heterocycles. The summed E-state index contributed by atoms with van der Waals surface area (Å²) in [7, 11) is -0.0602. The Labute approximate surface area is 167 Å². The molecule has 0 aromatic heterocycles. The normalized spacial score (nSPS) is 32.7. The van der Waals surface area contributed by atoms with Crippen molar-refractivity contribution in [1.29, 1.82) is 0 Å². The van der Waals surface area contributed by atoms with Crippen LogP contribution in [0.3, 0.4) is 0 Å². The van der Waals surface area contributed by atoms with Crippen molar-refractivity contribution in [3.63, 3.8) is 0 Å². The van der Waals surface area contributed by atoms with Gasteiger partial charge in [0.25, 0.3) is 0 Å². The fourth-order valence-corrected chi connectivity index (χ4v) is 12.7. The molecule has 1 unspecified atom stereocenters. The maximum atomic E-state index is 2.67. The van der Waals surface area contributed by atoms with Crippen molar-refractivity contribution in [2.45, 2.75) is 43.7 Å². The Morgan fingerprint density at radius 2 is 1.15 bits per heavy atom. The predicted octanol–water partition coefficient (Wildman–Crippen LogP) is 6.20. The third-order valence-electron chi connectivity index (χ3n) is 7.61. The van der Waals surface area contributed by atoms with Gasteiger partial charge in [-0.05, 0) is 99.0 Å². The predicted molar refractivity (Wildman–Crippen MR) is 123 cm³/mol. The molecular formula is C25H32P2. The van der Waals surface area contributed by atoms with E-state index < -0.39 is 0 Å². The van der Waals surface area contributed by atoms with Gasteiger partial charge in [0.1, 0.15) is 0 Å². The van der Waals surface area contributed by atoms with Crippen LogP contribution in [0.5, 0.6) is 0 Å². The second-order valence-electron chi connectivity index (χ2n) is 9.39. The highest BCUT2D eigenvalue weighted by Crippen LogP contribution is 2.67. The van der Waals surface area contributed by atoms with Gasteiger partial charge in [-0.3, -0.25) is 0 Å². The fraction of sp³-hybridized carbons (Fsp3) is 0.520. The second-order valence-corrected chi connectivity index (χ2v) is 14.5. The molecule has 4 saturated carbocycles. The summed E-state index contributed by atoms with van der Waals surface area (Å²) < 4.78 is 0. The highest BCUT2D eigenvalue weighted by molar-refractivity contribution is 7.73. The van der Waals surface area contributed by atoms with E-state index in [1.54, 1.807) is 49.1 Å². The molecule has 27 heavy (non-hydrogen) atoms. The lowest BCUT2D eigenvalue weighted by atomic mass is 9.56. The van der Waals surface area contributed by atoms with E-state index in [1.807, 2.05) is 0 Å². The number of rotatable bonds is 6. The van der Waals surface area contributed by atoms with E-state index in [0.717, 1.165) is 22.9 Å². The summed E-state index contributed by atoms with van der Waals surface area (Å²) in [6.07, 6.45) is 12.3. The van der Waals surface area contributed by atoms with E-state index in [1.165, 1.54) is 12.3 Å². The molecule has 0 spiro atoms. The molecule has 4 fully saturated rings. The Morgan fingerprint density at radius 1 is 0.704 bits per heavy atom. The monoisotopic (exact) mass is 394 g/mol. The molecule has 0 radical (unpaired) electrons. The van der Waals surface area contributed by atoms with E-state index in [2.05, 4.69) is 67.3 Å². The van der Waals surface area contributed by atoms with Crippen molar-refractivity contribution in [1.82, 2.24) is 0 Å². The van der Waals surface area contributed by atoms with Crippen LogP contribution < -0.4 is 10.6 Å². The molecule has 2 heteroatoms. The average molecular weight is 394 g/mol. The molecule has 0 amide bonds. The van der Waals surface area contributed by atoms with E-state index in [9.17, 15) is 0 Å². The minimum absolute atomic E-state index is 0.148. The van der Waals surface area contributed by atoms with Gasteiger partial charge in [0.15, 0.2) is 0 Å². The lowest BCUT2D eigenvalue weighted by molar-refractivity contribution is 0.0357. The molecule has 4 aliphatic rings. The molecule has 2 aromatic rings. The number of hydrogen-bond acceptors (Lipinski definition) is 0. The topological polar surface area (TPSA) is 0 Å². The lowest BCUT2D eigenvalue weighted by Gasteiger charge is -2.59. The fourth-order valence-electron chi connectivity index (χ4n) is 6.64. The molecule has 0 heterocycles. The van der Waals surface area contributed by atoms with Gasteiger partial charge in [0.05, 0.1) is 0 Å². The van der Waals surface area contributed by atoms with Crippen LogP contribution in [0, 0.1) is 17.8 Å². The molecule has 142 valence electrons. The zero-order valence-corrected chi connectivity index (χ0v) is 18.3. The Morgan fingerprint density at radius 3 is 1.59 bits per heavy atom. The Kier molecular flexibility index (Phi) is 5.17. The first-order chi connectivity index (χ1) is 13.2. The van der Waals surface area contributed by atoms with Crippen LogP contribution in [0.1, 0.15) is 38.5 Å². The maximum Gasteiger partial charge on any atom is -0.00888 e. The van der Waals surface area contributed by atoms with Gasteiger partial charge in [-0.15, -0.1) is 7.92 Å². The van der Waals surface area contributed by atoms with Crippen molar-refractivity contribution < 1.29 is 0 Å². The standard InChI is InChI=1S/C25H32P2/c1-26(25-17-20-14-21(18-25)16-22(15-20)19-25)12-13-27(23-8-4-2-5-9-23)24-10-6-3-7-11-24/h2-11,20-22H,12-19H2,1H3. The van der Waals surface area contributed by atoms with Gasteiger partial charge in [0.2, 0.25) is 0 Å². The van der Waals surface area contributed by atoms with Gasteiger partial charge in [-0.25, -0.2) is 0 Å². The van der Waals surface area contributed by atoms with Gasteiger partial charge < -0.3 is 0 Å². The third kappa shape index (κ3) is 3.66. The quantitative estimate of drug-likeness (QED) is 0.512. The van der Waals surface area contributed by atoms with Crippen molar-refractivity contribution in [3.8, 4) is 0 Å². The Bertz CT molecular complexity index is 680. The molecule has 4 aliphatic carbocycles. The SMILES string of the molecule is CP(CCP(c1ccccc1)c1ccccc1)C12CC3CC(CC(C3)C1)C2. The van der Waals surface area contributed by atoms with Crippen LogP contribution in [-0.4, -0.2) is 24.1 Å². The van der Waals surface area contributed by atoms with Gasteiger partial charge in [-0.1, -0.05) is 60.7 Å². The third-order valence-corrected chi connectivity index (χ3v) is 13.5. The van der Waals surface area contributed by atoms with Crippen molar-refractivity contribution >= 4 is 26.5 Å². The summed E-state index contributed by atoms with van der Waals surface area (Å²) in [6.45, 7) is 2.67. The van der Waals surface area contributed by atoms with Crippen molar-refractivity contribution in [2.24, 2.45) is 17.8 Å². The summed E-state index contributed by atoms with van der Waals surface area (Å²) >= 11 is 0. The minimum Gasteiger partial charge on any atom is -0.103 e. The summed E-state index contributed by atoms with van der Waals surface area (Å²) in [5.74, 6) is 3.27. The van der Waals surface area contributed by atoms with E-state index >= 15 is 0 Å². The van der Waals surface area contributed by atoms with Crippen LogP contribution in [0.4, 0.5) is 0 Å². The van der Waals surface area contributed by atoms with Crippen molar-refractivity contribution in [2.75, 3.05) is 19.0 Å². The molecule has 2 aromatic carbocycles. The first-order valence-corrected chi connectivity index (χ1v) is 14.3. The van der Waals surface area contributed by atoms with Crippen LogP contribution in [0.25, 0.3) is 0 Å². The summed E-state index contributed by atoms with van der Waals surface area (Å²) in [5, 5.41) is 3.89. The molecular weight excluding hydrogens is 362 g/mol. The average Bonchev–Trinajstić information content (AvgIpc) is 2.69. The molecule has 4 bridgehead atoms. The van der Waals surface area contributed by atoms with Crippen LogP contribution >= 0.6 is 15.8 Å². The van der Waals surface area contributed by atoms with Crippen LogP contribution in [0.2, 0.25) is 0 Å². The molecule has 1 atom stereocenters. The summed E-state index contributed by atoms with van der Waals surface area (Å²) in [6, 6.07) is 22.7.